The van der Waals surface area contributed by atoms with Crippen molar-refractivity contribution in [2.45, 2.75) is 51.3 Å². The number of benzene rings is 1. The molecular formula is C16H27NO2S. The number of hydrogen-bond acceptors (Lipinski definition) is 3. The molecule has 20 heavy (non-hydrogen) atoms. The van der Waals surface area contributed by atoms with E-state index in [1.807, 2.05) is 12.1 Å². The zero-order valence-corrected chi connectivity index (χ0v) is 13.7. The van der Waals surface area contributed by atoms with E-state index in [4.69, 9.17) is 0 Å². The standard InChI is InChI=1S/C16H27NO2S/c1-4-7-10-14(5-2)13-17-15-11-8-9-12-16(15)20(18,19)6-3/h8-9,11-12,14,17H,4-7,10,13H2,1-3H3. The van der Waals surface area contributed by atoms with Gasteiger partial charge in [0.2, 0.25) is 0 Å². The molecule has 1 N–H and O–H groups in total. The fraction of sp³-hybridized carbons (Fsp3) is 0.625. The lowest BCUT2D eigenvalue weighted by Gasteiger charge is -2.18. The molecule has 4 heteroatoms. The lowest BCUT2D eigenvalue weighted by molar-refractivity contribution is 0.472. The molecule has 0 aliphatic heterocycles. The highest BCUT2D eigenvalue weighted by atomic mass is 32.2. The fourth-order valence-corrected chi connectivity index (χ4v) is 3.31. The van der Waals surface area contributed by atoms with Gasteiger partial charge in [0.05, 0.1) is 16.3 Å². The molecule has 0 radical (unpaired) electrons. The summed E-state index contributed by atoms with van der Waals surface area (Å²) in [5, 5.41) is 3.33. The third-order valence-corrected chi connectivity index (χ3v) is 5.51. The first-order valence-electron chi connectivity index (χ1n) is 7.60. The molecule has 0 aliphatic rings. The highest BCUT2D eigenvalue weighted by Gasteiger charge is 2.16. The Morgan fingerprint density at radius 3 is 2.45 bits per heavy atom. The van der Waals surface area contributed by atoms with Crippen LogP contribution in [0.4, 0.5) is 5.69 Å². The van der Waals surface area contributed by atoms with Crippen molar-refractivity contribution in [1.29, 1.82) is 0 Å². The molecule has 1 atom stereocenters. The van der Waals surface area contributed by atoms with Crippen LogP contribution in [-0.2, 0) is 9.84 Å². The van der Waals surface area contributed by atoms with Crippen molar-refractivity contribution in [2.24, 2.45) is 5.92 Å². The molecule has 1 aromatic rings. The van der Waals surface area contributed by atoms with E-state index < -0.39 is 9.84 Å². The molecule has 114 valence electrons. The largest absolute Gasteiger partial charge is 0.384 e. The summed E-state index contributed by atoms with van der Waals surface area (Å²) in [6.45, 7) is 6.91. The van der Waals surface area contributed by atoms with Gasteiger partial charge in [-0.3, -0.25) is 0 Å². The molecule has 0 aromatic heterocycles. The van der Waals surface area contributed by atoms with Gasteiger partial charge in [-0.1, -0.05) is 52.2 Å². The highest BCUT2D eigenvalue weighted by Crippen LogP contribution is 2.23. The van der Waals surface area contributed by atoms with Gasteiger partial charge in [0.25, 0.3) is 0 Å². The first-order valence-corrected chi connectivity index (χ1v) is 9.26. The predicted molar refractivity (Wildman–Crippen MR) is 86.0 cm³/mol. The molecular weight excluding hydrogens is 270 g/mol. The number of sulfone groups is 1. The van der Waals surface area contributed by atoms with Crippen molar-refractivity contribution >= 4 is 15.5 Å². The third-order valence-electron chi connectivity index (χ3n) is 3.73. The van der Waals surface area contributed by atoms with Crippen LogP contribution in [0.25, 0.3) is 0 Å². The van der Waals surface area contributed by atoms with E-state index in [1.165, 1.54) is 19.3 Å². The Morgan fingerprint density at radius 1 is 1.15 bits per heavy atom. The van der Waals surface area contributed by atoms with Crippen molar-refractivity contribution in [3.05, 3.63) is 24.3 Å². The highest BCUT2D eigenvalue weighted by molar-refractivity contribution is 7.91. The average Bonchev–Trinajstić information content (AvgIpc) is 2.47. The second kappa shape index (κ2) is 8.30. The van der Waals surface area contributed by atoms with Gasteiger partial charge in [-0.05, 0) is 24.5 Å². The summed E-state index contributed by atoms with van der Waals surface area (Å²) >= 11 is 0. The van der Waals surface area contributed by atoms with E-state index in [9.17, 15) is 8.42 Å². The summed E-state index contributed by atoms with van der Waals surface area (Å²) in [7, 11) is -3.16. The molecule has 1 aromatic carbocycles. The maximum Gasteiger partial charge on any atom is 0.180 e. The van der Waals surface area contributed by atoms with Crippen LogP contribution < -0.4 is 5.32 Å². The molecule has 0 amide bonds. The first kappa shape index (κ1) is 17.0. The number of nitrogens with one attached hydrogen (secondary N) is 1. The van der Waals surface area contributed by atoms with E-state index in [-0.39, 0.29) is 5.75 Å². The molecule has 0 saturated carbocycles. The van der Waals surface area contributed by atoms with Crippen LogP contribution >= 0.6 is 0 Å². The predicted octanol–water partition coefficient (Wildman–Crippen LogP) is 4.11. The Bertz CT molecular complexity index is 497. The van der Waals surface area contributed by atoms with Crippen molar-refractivity contribution in [3.63, 3.8) is 0 Å². The fourth-order valence-electron chi connectivity index (χ4n) is 2.24. The van der Waals surface area contributed by atoms with Gasteiger partial charge in [0.1, 0.15) is 0 Å². The van der Waals surface area contributed by atoms with Crippen LogP contribution in [0.5, 0.6) is 0 Å². The van der Waals surface area contributed by atoms with Crippen molar-refractivity contribution < 1.29 is 8.42 Å². The molecule has 0 spiro atoms. The zero-order chi connectivity index (χ0) is 15.0. The molecule has 1 unspecified atom stereocenters. The number of anilines is 1. The molecule has 0 heterocycles. The van der Waals surface area contributed by atoms with Gasteiger partial charge in [-0.2, -0.15) is 0 Å². The number of rotatable bonds is 9. The number of para-hydroxylation sites is 1. The van der Waals surface area contributed by atoms with Gasteiger partial charge < -0.3 is 5.32 Å². The van der Waals surface area contributed by atoms with E-state index in [2.05, 4.69) is 19.2 Å². The first-order chi connectivity index (χ1) is 9.55. The van der Waals surface area contributed by atoms with Gasteiger partial charge in [-0.25, -0.2) is 8.42 Å². The Labute approximate surface area is 123 Å². The van der Waals surface area contributed by atoms with Crippen molar-refractivity contribution in [3.8, 4) is 0 Å². The molecule has 0 bridgehead atoms. The molecule has 0 saturated heterocycles. The van der Waals surface area contributed by atoms with Crippen molar-refractivity contribution in [1.82, 2.24) is 0 Å². The average molecular weight is 297 g/mol. The summed E-state index contributed by atoms with van der Waals surface area (Å²) in [5.41, 5.74) is 0.740. The van der Waals surface area contributed by atoms with Gasteiger partial charge in [-0.15, -0.1) is 0 Å². The molecule has 0 aliphatic carbocycles. The minimum atomic E-state index is -3.16. The van der Waals surface area contributed by atoms with Gasteiger partial charge >= 0.3 is 0 Å². The van der Waals surface area contributed by atoms with E-state index in [1.54, 1.807) is 19.1 Å². The monoisotopic (exact) mass is 297 g/mol. The normalized spacial score (nSPS) is 13.2. The summed E-state index contributed by atoms with van der Waals surface area (Å²) in [6.07, 6.45) is 4.75. The third kappa shape index (κ3) is 4.82. The smallest absolute Gasteiger partial charge is 0.180 e. The quantitative estimate of drug-likeness (QED) is 0.746. The second-order valence-electron chi connectivity index (χ2n) is 5.20. The molecule has 1 rings (SSSR count). The molecule has 0 fully saturated rings. The Kier molecular flexibility index (Phi) is 7.06. The summed E-state index contributed by atoms with van der Waals surface area (Å²) in [5.74, 6) is 0.742. The van der Waals surface area contributed by atoms with Crippen LogP contribution in [0, 0.1) is 5.92 Å². The zero-order valence-electron chi connectivity index (χ0n) is 12.9. The Morgan fingerprint density at radius 2 is 1.85 bits per heavy atom. The minimum absolute atomic E-state index is 0.138. The second-order valence-corrected chi connectivity index (χ2v) is 7.44. The number of hydrogen-bond donors (Lipinski definition) is 1. The topological polar surface area (TPSA) is 46.2 Å². The summed E-state index contributed by atoms with van der Waals surface area (Å²) in [4.78, 5) is 0.424. The maximum absolute atomic E-state index is 12.1. The van der Waals surface area contributed by atoms with Crippen LogP contribution in [-0.4, -0.2) is 20.7 Å². The number of unbranched alkanes of at least 4 members (excludes halogenated alkanes) is 1. The lowest BCUT2D eigenvalue weighted by atomic mass is 9.99. The Hall–Kier alpha value is -1.03. The van der Waals surface area contributed by atoms with E-state index >= 15 is 0 Å². The summed E-state index contributed by atoms with van der Waals surface area (Å²) in [6, 6.07) is 7.20. The SMILES string of the molecule is CCCCC(CC)CNc1ccccc1S(=O)(=O)CC. The Balaban J connectivity index is 2.78. The van der Waals surface area contributed by atoms with Gasteiger partial charge in [0.15, 0.2) is 9.84 Å². The molecule has 3 nitrogen and oxygen atoms in total. The van der Waals surface area contributed by atoms with Crippen LogP contribution in [0.3, 0.4) is 0 Å². The van der Waals surface area contributed by atoms with Crippen LogP contribution in [0.1, 0.15) is 46.5 Å². The van der Waals surface area contributed by atoms with Crippen molar-refractivity contribution in [2.75, 3.05) is 17.6 Å². The van der Waals surface area contributed by atoms with E-state index in [0.717, 1.165) is 18.7 Å². The lowest BCUT2D eigenvalue weighted by Crippen LogP contribution is -2.16. The van der Waals surface area contributed by atoms with Crippen LogP contribution in [0.15, 0.2) is 29.2 Å². The van der Waals surface area contributed by atoms with Gasteiger partial charge in [0, 0.05) is 6.54 Å². The minimum Gasteiger partial charge on any atom is -0.384 e. The van der Waals surface area contributed by atoms with E-state index in [0.29, 0.717) is 10.8 Å². The van der Waals surface area contributed by atoms with Crippen LogP contribution in [0.2, 0.25) is 0 Å². The summed E-state index contributed by atoms with van der Waals surface area (Å²) < 4.78 is 24.1. The maximum atomic E-state index is 12.1.